The van der Waals surface area contributed by atoms with Gasteiger partial charge in [-0.05, 0) is 19.5 Å². The van der Waals surface area contributed by atoms with Gasteiger partial charge in [0.15, 0.2) is 0 Å². The zero-order valence-electron chi connectivity index (χ0n) is 17.9. The highest BCUT2D eigenvalue weighted by molar-refractivity contribution is 5.32. The molecule has 2 saturated heterocycles. The van der Waals surface area contributed by atoms with Crippen LogP contribution in [0.2, 0.25) is 0 Å². The molecule has 0 aliphatic carbocycles. The zero-order chi connectivity index (χ0) is 20.5. The minimum absolute atomic E-state index is 0.382. The van der Waals surface area contributed by atoms with E-state index in [0.29, 0.717) is 19.0 Å². The molecule has 0 amide bonds. The molecule has 0 aromatic carbocycles. The molecular weight excluding hydrogens is 372 g/mol. The van der Waals surface area contributed by atoms with E-state index >= 15 is 0 Å². The van der Waals surface area contributed by atoms with E-state index in [1.807, 2.05) is 0 Å². The van der Waals surface area contributed by atoms with Gasteiger partial charge in [-0.15, -0.1) is 0 Å². The third-order valence-electron chi connectivity index (χ3n) is 5.72. The Balaban J connectivity index is 1.28. The van der Waals surface area contributed by atoms with E-state index in [2.05, 4.69) is 29.6 Å². The maximum absolute atomic E-state index is 9.87. The Morgan fingerprint density at radius 2 is 1.59 bits per heavy atom. The SMILES string of the molecule is COC[C@@H](O)CN1CCN(CCCN2CCN(c3nccc(OC)n3)CC2)CC1. The second kappa shape index (κ2) is 11.6. The van der Waals surface area contributed by atoms with Crippen molar-refractivity contribution in [3.63, 3.8) is 0 Å². The minimum Gasteiger partial charge on any atom is -0.481 e. The van der Waals surface area contributed by atoms with Gasteiger partial charge in [0, 0.05) is 78.3 Å². The van der Waals surface area contributed by atoms with Crippen molar-refractivity contribution in [3.8, 4) is 5.88 Å². The highest BCUT2D eigenvalue weighted by Gasteiger charge is 2.21. The van der Waals surface area contributed by atoms with Gasteiger partial charge < -0.3 is 24.4 Å². The molecule has 9 heteroatoms. The molecule has 0 saturated carbocycles. The van der Waals surface area contributed by atoms with Gasteiger partial charge in [0.1, 0.15) is 0 Å². The van der Waals surface area contributed by atoms with Crippen LogP contribution in [0, 0.1) is 0 Å². The van der Waals surface area contributed by atoms with Gasteiger partial charge in [-0.3, -0.25) is 9.80 Å². The van der Waals surface area contributed by atoms with Crippen LogP contribution < -0.4 is 9.64 Å². The first-order valence-electron chi connectivity index (χ1n) is 10.6. The van der Waals surface area contributed by atoms with Crippen LogP contribution in [-0.2, 0) is 4.74 Å². The number of rotatable bonds is 10. The molecule has 1 aromatic heterocycles. The molecule has 1 N–H and O–H groups in total. The van der Waals surface area contributed by atoms with Crippen molar-refractivity contribution in [2.75, 3.05) is 97.7 Å². The lowest BCUT2D eigenvalue weighted by Crippen LogP contribution is -2.50. The molecule has 2 aliphatic rings. The van der Waals surface area contributed by atoms with Crippen molar-refractivity contribution in [1.29, 1.82) is 0 Å². The predicted molar refractivity (Wildman–Crippen MR) is 113 cm³/mol. The largest absolute Gasteiger partial charge is 0.481 e. The predicted octanol–water partition coefficient (Wildman–Crippen LogP) is -0.378. The minimum atomic E-state index is -0.382. The van der Waals surface area contributed by atoms with E-state index in [-0.39, 0.29) is 6.10 Å². The number of aromatic nitrogens is 2. The number of β-amino-alcohol motifs (C(OH)–C–C–N with tert-alkyl or cyclic N) is 1. The fraction of sp³-hybridized carbons (Fsp3) is 0.800. The Bertz CT molecular complexity index is 591. The molecule has 0 radical (unpaired) electrons. The lowest BCUT2D eigenvalue weighted by Gasteiger charge is -2.37. The molecule has 2 fully saturated rings. The van der Waals surface area contributed by atoms with Crippen molar-refractivity contribution in [2.45, 2.75) is 12.5 Å². The van der Waals surface area contributed by atoms with E-state index < -0.39 is 0 Å². The molecule has 1 aromatic rings. The standard InChI is InChI=1S/C20H36N6O3/c1-28-17-18(27)16-25-10-8-23(9-11-25)6-3-7-24-12-14-26(15-13-24)20-21-5-4-19(22-20)29-2/h4-5,18,27H,3,6-17H2,1-2H3/t18-/m0/s1. The Labute approximate surface area is 174 Å². The second-order valence-corrected chi connectivity index (χ2v) is 7.83. The number of aliphatic hydroxyl groups excluding tert-OH is 1. The van der Waals surface area contributed by atoms with Gasteiger partial charge >= 0.3 is 0 Å². The number of hydrogen-bond donors (Lipinski definition) is 1. The monoisotopic (exact) mass is 408 g/mol. The topological polar surface area (TPSA) is 77.4 Å². The van der Waals surface area contributed by atoms with Crippen LogP contribution in [0.1, 0.15) is 6.42 Å². The molecule has 0 spiro atoms. The van der Waals surface area contributed by atoms with E-state index in [4.69, 9.17) is 9.47 Å². The Kier molecular flexibility index (Phi) is 8.88. The summed E-state index contributed by atoms with van der Waals surface area (Å²) in [7, 11) is 3.27. The Hall–Kier alpha value is -1.52. The number of aliphatic hydroxyl groups is 1. The normalized spacial score (nSPS) is 20.7. The van der Waals surface area contributed by atoms with Crippen LogP contribution >= 0.6 is 0 Å². The Morgan fingerprint density at radius 1 is 0.966 bits per heavy atom. The maximum atomic E-state index is 9.87. The van der Waals surface area contributed by atoms with Crippen LogP contribution in [0.25, 0.3) is 0 Å². The number of piperazine rings is 2. The highest BCUT2D eigenvalue weighted by atomic mass is 16.5. The average molecular weight is 409 g/mol. The summed E-state index contributed by atoms with van der Waals surface area (Å²) in [6.07, 6.45) is 2.57. The summed E-state index contributed by atoms with van der Waals surface area (Å²) in [5.41, 5.74) is 0. The number of hydrogen-bond acceptors (Lipinski definition) is 9. The van der Waals surface area contributed by atoms with Crippen molar-refractivity contribution in [1.82, 2.24) is 24.7 Å². The number of ether oxygens (including phenoxy) is 2. The van der Waals surface area contributed by atoms with Crippen molar-refractivity contribution >= 4 is 5.95 Å². The van der Waals surface area contributed by atoms with Crippen LogP contribution in [0.4, 0.5) is 5.95 Å². The van der Waals surface area contributed by atoms with Crippen LogP contribution in [0.15, 0.2) is 12.3 Å². The molecule has 0 unspecified atom stereocenters. The summed E-state index contributed by atoms with van der Waals surface area (Å²) in [5.74, 6) is 1.38. The molecule has 29 heavy (non-hydrogen) atoms. The third-order valence-corrected chi connectivity index (χ3v) is 5.72. The molecule has 3 rings (SSSR count). The summed E-state index contributed by atoms with van der Waals surface area (Å²) in [4.78, 5) is 18.5. The summed E-state index contributed by atoms with van der Waals surface area (Å²) in [6.45, 7) is 11.6. The van der Waals surface area contributed by atoms with Gasteiger partial charge in [0.25, 0.3) is 0 Å². The number of nitrogens with zero attached hydrogens (tertiary/aromatic N) is 6. The summed E-state index contributed by atoms with van der Waals surface area (Å²) >= 11 is 0. The van der Waals surface area contributed by atoms with Crippen LogP contribution in [-0.4, -0.2) is 129 Å². The number of methoxy groups -OCH3 is 2. The van der Waals surface area contributed by atoms with Crippen LogP contribution in [0.3, 0.4) is 0 Å². The van der Waals surface area contributed by atoms with Gasteiger partial charge in [-0.25, -0.2) is 4.98 Å². The van der Waals surface area contributed by atoms with Gasteiger partial charge in [-0.2, -0.15) is 4.98 Å². The third kappa shape index (κ3) is 7.04. The van der Waals surface area contributed by atoms with Gasteiger partial charge in [0.05, 0.1) is 19.8 Å². The maximum Gasteiger partial charge on any atom is 0.228 e. The summed E-state index contributed by atoms with van der Waals surface area (Å²) in [6, 6.07) is 1.78. The Morgan fingerprint density at radius 3 is 2.21 bits per heavy atom. The van der Waals surface area contributed by atoms with Crippen LogP contribution in [0.5, 0.6) is 5.88 Å². The van der Waals surface area contributed by atoms with Gasteiger partial charge in [0.2, 0.25) is 11.8 Å². The summed E-state index contributed by atoms with van der Waals surface area (Å²) in [5, 5.41) is 9.87. The van der Waals surface area contributed by atoms with Crippen molar-refractivity contribution in [2.24, 2.45) is 0 Å². The smallest absolute Gasteiger partial charge is 0.228 e. The summed E-state index contributed by atoms with van der Waals surface area (Å²) < 4.78 is 10.2. The number of anilines is 1. The van der Waals surface area contributed by atoms with E-state index in [1.54, 1.807) is 26.5 Å². The van der Waals surface area contributed by atoms with E-state index in [0.717, 1.165) is 71.4 Å². The average Bonchev–Trinajstić information content (AvgIpc) is 2.76. The van der Waals surface area contributed by atoms with Gasteiger partial charge in [-0.1, -0.05) is 0 Å². The quantitative estimate of drug-likeness (QED) is 0.557. The first-order valence-corrected chi connectivity index (χ1v) is 10.6. The highest BCUT2D eigenvalue weighted by Crippen LogP contribution is 2.14. The van der Waals surface area contributed by atoms with E-state index in [9.17, 15) is 5.11 Å². The lowest BCUT2D eigenvalue weighted by molar-refractivity contribution is 0.0235. The molecule has 3 heterocycles. The fourth-order valence-electron chi connectivity index (χ4n) is 4.03. The molecule has 2 aliphatic heterocycles. The fourth-order valence-corrected chi connectivity index (χ4v) is 4.03. The van der Waals surface area contributed by atoms with E-state index in [1.165, 1.54) is 6.42 Å². The molecule has 1 atom stereocenters. The molecular formula is C20H36N6O3. The van der Waals surface area contributed by atoms with Crippen molar-refractivity contribution in [3.05, 3.63) is 12.3 Å². The first-order chi connectivity index (χ1) is 14.2. The second-order valence-electron chi connectivity index (χ2n) is 7.83. The zero-order valence-corrected chi connectivity index (χ0v) is 17.9. The first kappa shape index (κ1) is 22.2. The molecule has 9 nitrogen and oxygen atoms in total. The molecule has 0 bridgehead atoms. The lowest BCUT2D eigenvalue weighted by atomic mass is 10.2. The van der Waals surface area contributed by atoms with Crippen molar-refractivity contribution < 1.29 is 14.6 Å². The molecule has 164 valence electrons.